The van der Waals surface area contributed by atoms with Crippen LogP contribution in [0.3, 0.4) is 0 Å². The van der Waals surface area contributed by atoms with E-state index in [1.54, 1.807) is 0 Å². The molecule has 0 spiro atoms. The number of hydrogen-bond donors (Lipinski definition) is 6. The van der Waals surface area contributed by atoms with Gasteiger partial charge in [-0.15, -0.1) is 0 Å². The average Bonchev–Trinajstić information content (AvgIpc) is 2.33. The maximum absolute atomic E-state index is 10.1. The Morgan fingerprint density at radius 2 is 0.519 bits per heavy atom. The summed E-state index contributed by atoms with van der Waals surface area (Å²) in [5.74, 6) is -7.57. The summed E-state index contributed by atoms with van der Waals surface area (Å²) in [4.78, 5) is 62.5. The standard InChI is InChI=1S/2C6H9NO6.H2S/c2*8-4(9)1-7(2-5(10)11)3-6(12)13;/h2*1-3H2,(H,8,9)(H,10,11)(H,12,13);1H2. The van der Waals surface area contributed by atoms with Crippen LogP contribution in [0.5, 0.6) is 0 Å². The van der Waals surface area contributed by atoms with E-state index in [0.717, 1.165) is 9.80 Å². The van der Waals surface area contributed by atoms with Gasteiger partial charge in [-0.05, 0) is 0 Å². The van der Waals surface area contributed by atoms with Crippen LogP contribution in [0.25, 0.3) is 0 Å². The summed E-state index contributed by atoms with van der Waals surface area (Å²) in [7, 11) is 0. The quantitative estimate of drug-likeness (QED) is 0.189. The van der Waals surface area contributed by atoms with E-state index < -0.39 is 75.1 Å². The number of hydrogen-bond acceptors (Lipinski definition) is 8. The Morgan fingerprint density at radius 1 is 0.407 bits per heavy atom. The molecule has 0 aromatic rings. The Labute approximate surface area is 158 Å². The van der Waals surface area contributed by atoms with Gasteiger partial charge >= 0.3 is 35.8 Å². The summed E-state index contributed by atoms with van der Waals surface area (Å²) in [6, 6.07) is 0. The van der Waals surface area contributed by atoms with E-state index in [1.807, 2.05) is 0 Å². The first-order chi connectivity index (χ1) is 11.8. The lowest BCUT2D eigenvalue weighted by Gasteiger charge is -2.14. The Balaban J connectivity index is -0.000000411. The topological polar surface area (TPSA) is 230 Å². The van der Waals surface area contributed by atoms with Gasteiger partial charge < -0.3 is 30.6 Å². The van der Waals surface area contributed by atoms with Crippen LogP contribution in [-0.4, -0.2) is 116 Å². The van der Waals surface area contributed by atoms with E-state index in [9.17, 15) is 28.8 Å². The van der Waals surface area contributed by atoms with Gasteiger partial charge in [0, 0.05) is 0 Å². The Bertz CT molecular complexity index is 428. The molecule has 0 aromatic carbocycles. The third-order valence-electron chi connectivity index (χ3n) is 2.15. The van der Waals surface area contributed by atoms with Gasteiger partial charge in [0.25, 0.3) is 0 Å². The second-order valence-electron chi connectivity index (χ2n) is 4.65. The summed E-state index contributed by atoms with van der Waals surface area (Å²) < 4.78 is 0. The normalized spacial score (nSPS) is 9.56. The smallest absolute Gasteiger partial charge is 0.317 e. The molecule has 14 nitrogen and oxygen atoms in total. The molecule has 0 aliphatic heterocycles. The minimum Gasteiger partial charge on any atom is -0.480 e. The average molecular weight is 416 g/mol. The molecular formula is C12H20N2O12S. The molecule has 0 rings (SSSR count). The first kappa shape index (κ1) is 28.9. The number of nitrogens with zero attached hydrogens (tertiary/aromatic N) is 2. The summed E-state index contributed by atoms with van der Waals surface area (Å²) in [6.07, 6.45) is 0. The van der Waals surface area contributed by atoms with Crippen molar-refractivity contribution in [2.45, 2.75) is 0 Å². The van der Waals surface area contributed by atoms with E-state index >= 15 is 0 Å². The van der Waals surface area contributed by atoms with Gasteiger partial charge in [-0.25, -0.2) is 0 Å². The summed E-state index contributed by atoms with van der Waals surface area (Å²) in [5, 5.41) is 49.7. The van der Waals surface area contributed by atoms with E-state index in [0.29, 0.717) is 0 Å². The third kappa shape index (κ3) is 23.1. The number of carboxylic acids is 6. The molecule has 0 aliphatic rings. The highest BCUT2D eigenvalue weighted by molar-refractivity contribution is 7.59. The second-order valence-corrected chi connectivity index (χ2v) is 4.65. The minimum absolute atomic E-state index is 0. The molecular weight excluding hydrogens is 396 g/mol. The van der Waals surface area contributed by atoms with Crippen LogP contribution >= 0.6 is 13.5 Å². The lowest BCUT2D eigenvalue weighted by molar-refractivity contribution is -0.147. The molecule has 0 fully saturated rings. The minimum atomic E-state index is -1.26. The van der Waals surface area contributed by atoms with Crippen molar-refractivity contribution in [1.82, 2.24) is 9.80 Å². The lowest BCUT2D eigenvalue weighted by atomic mass is 10.4. The summed E-state index contributed by atoms with van der Waals surface area (Å²) in [6.45, 7) is -3.59. The fourth-order valence-electron chi connectivity index (χ4n) is 1.48. The zero-order valence-electron chi connectivity index (χ0n) is 13.8. The molecule has 0 saturated heterocycles. The van der Waals surface area contributed by atoms with Gasteiger partial charge in [0.1, 0.15) is 0 Å². The van der Waals surface area contributed by atoms with E-state index in [2.05, 4.69) is 0 Å². The van der Waals surface area contributed by atoms with Gasteiger partial charge in [-0.3, -0.25) is 38.6 Å². The Kier molecular flexibility index (Phi) is 16.4. The molecule has 0 unspecified atom stereocenters. The molecule has 0 aliphatic carbocycles. The van der Waals surface area contributed by atoms with Gasteiger partial charge in [0.05, 0.1) is 39.3 Å². The van der Waals surface area contributed by atoms with Crippen LogP contribution in [0.2, 0.25) is 0 Å². The van der Waals surface area contributed by atoms with Gasteiger partial charge in [-0.1, -0.05) is 0 Å². The van der Waals surface area contributed by atoms with E-state index in [4.69, 9.17) is 30.6 Å². The van der Waals surface area contributed by atoms with Crippen molar-refractivity contribution in [2.75, 3.05) is 39.3 Å². The zero-order valence-corrected chi connectivity index (χ0v) is 14.8. The van der Waals surface area contributed by atoms with Gasteiger partial charge in [-0.2, -0.15) is 13.5 Å². The van der Waals surface area contributed by atoms with Crippen molar-refractivity contribution < 1.29 is 59.4 Å². The summed E-state index contributed by atoms with van der Waals surface area (Å²) >= 11 is 0. The van der Waals surface area contributed by atoms with Crippen LogP contribution in [0, 0.1) is 0 Å². The first-order valence-electron chi connectivity index (χ1n) is 6.59. The third-order valence-corrected chi connectivity index (χ3v) is 2.15. The van der Waals surface area contributed by atoms with Crippen molar-refractivity contribution >= 4 is 49.3 Å². The highest BCUT2D eigenvalue weighted by Crippen LogP contribution is 1.88. The number of carbonyl (C=O) groups is 6. The Morgan fingerprint density at radius 3 is 0.593 bits per heavy atom. The zero-order chi connectivity index (χ0) is 20.9. The largest absolute Gasteiger partial charge is 0.480 e. The maximum Gasteiger partial charge on any atom is 0.317 e. The van der Waals surface area contributed by atoms with Crippen molar-refractivity contribution in [3.63, 3.8) is 0 Å². The fourth-order valence-corrected chi connectivity index (χ4v) is 1.48. The maximum atomic E-state index is 10.1. The predicted octanol–water partition coefficient (Wildman–Crippen LogP) is -2.80. The van der Waals surface area contributed by atoms with Crippen molar-refractivity contribution in [1.29, 1.82) is 0 Å². The second kappa shape index (κ2) is 15.4. The lowest BCUT2D eigenvalue weighted by Crippen LogP contribution is -2.38. The fraction of sp³-hybridized carbons (Fsp3) is 0.500. The van der Waals surface area contributed by atoms with Crippen molar-refractivity contribution in [3.8, 4) is 0 Å². The molecule has 15 heteroatoms. The van der Waals surface area contributed by atoms with Gasteiger partial charge in [0.2, 0.25) is 0 Å². The molecule has 0 radical (unpaired) electrons. The molecule has 0 saturated carbocycles. The van der Waals surface area contributed by atoms with Crippen molar-refractivity contribution in [3.05, 3.63) is 0 Å². The van der Waals surface area contributed by atoms with Crippen molar-refractivity contribution in [2.24, 2.45) is 0 Å². The molecule has 0 aromatic heterocycles. The monoisotopic (exact) mass is 416 g/mol. The SMILES string of the molecule is O=C(O)CN(CC(=O)O)CC(=O)O.O=C(O)CN(CC(=O)O)CC(=O)O.S. The van der Waals surface area contributed by atoms with E-state index in [1.165, 1.54) is 0 Å². The molecule has 0 bridgehead atoms. The van der Waals surface area contributed by atoms with Gasteiger partial charge in [0.15, 0.2) is 0 Å². The van der Waals surface area contributed by atoms with Crippen LogP contribution < -0.4 is 0 Å². The number of aliphatic carboxylic acids is 6. The van der Waals surface area contributed by atoms with Crippen LogP contribution in [-0.2, 0) is 28.8 Å². The predicted molar refractivity (Wildman–Crippen MR) is 89.1 cm³/mol. The number of carboxylic acid groups (broad SMARTS) is 6. The first-order valence-corrected chi connectivity index (χ1v) is 6.59. The van der Waals surface area contributed by atoms with Crippen LogP contribution in [0.1, 0.15) is 0 Å². The van der Waals surface area contributed by atoms with Crippen LogP contribution in [0.15, 0.2) is 0 Å². The molecule has 0 amide bonds. The van der Waals surface area contributed by atoms with E-state index in [-0.39, 0.29) is 13.5 Å². The molecule has 6 N–H and O–H groups in total. The summed E-state index contributed by atoms with van der Waals surface area (Å²) in [5.41, 5.74) is 0. The highest BCUT2D eigenvalue weighted by atomic mass is 32.1. The number of rotatable bonds is 12. The van der Waals surface area contributed by atoms with Crippen LogP contribution in [0.4, 0.5) is 0 Å². The Hall–Kier alpha value is -2.91. The molecule has 0 atom stereocenters. The molecule has 0 heterocycles. The molecule has 156 valence electrons. The highest BCUT2D eigenvalue weighted by Gasteiger charge is 2.16. The molecule has 27 heavy (non-hydrogen) atoms.